The van der Waals surface area contributed by atoms with Crippen LogP contribution in [0.15, 0.2) is 53.5 Å². The van der Waals surface area contributed by atoms with E-state index < -0.39 is 6.10 Å². The van der Waals surface area contributed by atoms with Crippen LogP contribution in [0.25, 0.3) is 0 Å². The zero-order valence-corrected chi connectivity index (χ0v) is 20.4. The first-order chi connectivity index (χ1) is 16.2. The Balaban J connectivity index is 1.65. The highest BCUT2D eigenvalue weighted by Crippen LogP contribution is 2.24. The topological polar surface area (TPSA) is 82.5 Å². The lowest BCUT2D eigenvalue weighted by molar-refractivity contribution is -0.142. The first-order valence-electron chi connectivity index (χ1n) is 11.3. The molecule has 3 rings (SSSR count). The summed E-state index contributed by atoms with van der Waals surface area (Å²) < 4.78 is 5.98. The normalized spacial score (nSPS) is 16.9. The van der Waals surface area contributed by atoms with Gasteiger partial charge in [-0.2, -0.15) is 4.99 Å². The van der Waals surface area contributed by atoms with Crippen molar-refractivity contribution in [1.82, 2.24) is 14.7 Å². The number of ether oxygens (including phenoxy) is 1. The number of rotatable bonds is 6. The van der Waals surface area contributed by atoms with E-state index in [-0.39, 0.29) is 23.8 Å². The van der Waals surface area contributed by atoms with E-state index in [4.69, 9.17) is 4.74 Å². The highest BCUT2D eigenvalue weighted by molar-refractivity contribution is 6.00. The van der Waals surface area contributed by atoms with Gasteiger partial charge in [-0.25, -0.2) is 0 Å². The van der Waals surface area contributed by atoms with Crippen molar-refractivity contribution in [3.8, 4) is 5.75 Å². The molecule has 8 heteroatoms. The van der Waals surface area contributed by atoms with Crippen LogP contribution < -0.4 is 4.74 Å². The molecule has 1 aliphatic rings. The van der Waals surface area contributed by atoms with Gasteiger partial charge in [-0.15, -0.1) is 0 Å². The Hall–Kier alpha value is -3.68. The highest BCUT2D eigenvalue weighted by atomic mass is 16.5. The third kappa shape index (κ3) is 5.81. The van der Waals surface area contributed by atoms with Crippen LogP contribution in [-0.4, -0.2) is 84.6 Å². The number of amides is 3. The van der Waals surface area contributed by atoms with Gasteiger partial charge in [-0.1, -0.05) is 24.3 Å². The summed E-state index contributed by atoms with van der Waals surface area (Å²) in [6.07, 6.45) is 0.707. The van der Waals surface area contributed by atoms with Crippen molar-refractivity contribution in [3.05, 3.63) is 65.2 Å². The third-order valence-corrected chi connectivity index (χ3v) is 5.79. The van der Waals surface area contributed by atoms with Crippen LogP contribution in [0.2, 0.25) is 0 Å². The van der Waals surface area contributed by atoms with Gasteiger partial charge in [0.15, 0.2) is 6.10 Å². The molecule has 1 saturated heterocycles. The number of carbonyl (C=O) groups is 3. The van der Waals surface area contributed by atoms with Crippen LogP contribution in [0.4, 0.5) is 0 Å². The fraction of sp³-hybridized carbons (Fsp3) is 0.385. The molecule has 0 radical (unpaired) electrons. The van der Waals surface area contributed by atoms with Gasteiger partial charge >= 0.3 is 0 Å². The number of carbonyl (C=O) groups excluding carboxylic acids is 3. The first kappa shape index (κ1) is 25.0. The van der Waals surface area contributed by atoms with Crippen molar-refractivity contribution < 1.29 is 19.1 Å². The number of hydrogen-bond acceptors (Lipinski definition) is 4. The predicted molar refractivity (Wildman–Crippen MR) is 131 cm³/mol. The summed E-state index contributed by atoms with van der Waals surface area (Å²) in [5.41, 5.74) is 1.71. The summed E-state index contributed by atoms with van der Waals surface area (Å²) in [6.45, 7) is 6.77. The summed E-state index contributed by atoms with van der Waals surface area (Å²) in [7, 11) is 3.57. The zero-order chi connectivity index (χ0) is 24.8. The van der Waals surface area contributed by atoms with Gasteiger partial charge < -0.3 is 19.4 Å². The van der Waals surface area contributed by atoms with E-state index in [9.17, 15) is 14.4 Å². The molecule has 1 unspecified atom stereocenters. The number of nitrogens with zero attached hydrogens (tertiary/aromatic N) is 4. The third-order valence-electron chi connectivity index (χ3n) is 5.79. The molecular weight excluding hydrogens is 432 g/mol. The molecule has 180 valence electrons. The Morgan fingerprint density at radius 1 is 1.09 bits per heavy atom. The monoisotopic (exact) mass is 464 g/mol. The Labute approximate surface area is 200 Å². The van der Waals surface area contributed by atoms with Gasteiger partial charge in [0, 0.05) is 56.5 Å². The average Bonchev–Trinajstić information content (AvgIpc) is 2.83. The van der Waals surface area contributed by atoms with Crippen LogP contribution in [0.3, 0.4) is 0 Å². The molecule has 1 aliphatic heterocycles. The SMILES string of the molecule is Cc1c(OC(C)C(=O)N2CCN(C(=O)c3ccccc3)C[C@H]2C)cccc1C(=O)N=CN(C)C. The van der Waals surface area contributed by atoms with Crippen LogP contribution in [0.1, 0.15) is 40.1 Å². The Kier molecular flexibility index (Phi) is 8.04. The van der Waals surface area contributed by atoms with Crippen molar-refractivity contribution in [1.29, 1.82) is 0 Å². The Morgan fingerprint density at radius 3 is 2.44 bits per heavy atom. The highest BCUT2D eigenvalue weighted by Gasteiger charge is 2.33. The number of hydrogen-bond donors (Lipinski definition) is 0. The van der Waals surface area contributed by atoms with Crippen LogP contribution in [0.5, 0.6) is 5.75 Å². The molecular formula is C26H32N4O4. The van der Waals surface area contributed by atoms with Gasteiger partial charge in [-0.3, -0.25) is 14.4 Å². The van der Waals surface area contributed by atoms with Gasteiger partial charge in [0.2, 0.25) is 0 Å². The van der Waals surface area contributed by atoms with Crippen molar-refractivity contribution in [2.45, 2.75) is 32.9 Å². The van der Waals surface area contributed by atoms with Crippen molar-refractivity contribution in [2.24, 2.45) is 4.99 Å². The molecule has 1 heterocycles. The van der Waals surface area contributed by atoms with E-state index in [1.54, 1.807) is 73.0 Å². The summed E-state index contributed by atoms with van der Waals surface area (Å²) in [6, 6.07) is 14.2. The molecule has 0 aliphatic carbocycles. The summed E-state index contributed by atoms with van der Waals surface area (Å²) in [4.78, 5) is 47.5. The van der Waals surface area contributed by atoms with Gasteiger partial charge in [0.1, 0.15) is 5.75 Å². The smallest absolute Gasteiger partial charge is 0.278 e. The minimum Gasteiger partial charge on any atom is -0.481 e. The molecule has 8 nitrogen and oxygen atoms in total. The summed E-state index contributed by atoms with van der Waals surface area (Å²) in [5, 5.41) is 0. The van der Waals surface area contributed by atoms with Gasteiger partial charge in [0.25, 0.3) is 17.7 Å². The fourth-order valence-electron chi connectivity index (χ4n) is 3.92. The lowest BCUT2D eigenvalue weighted by atomic mass is 10.1. The largest absolute Gasteiger partial charge is 0.481 e. The van der Waals surface area contributed by atoms with Gasteiger partial charge in [-0.05, 0) is 45.0 Å². The first-order valence-corrected chi connectivity index (χ1v) is 11.3. The Morgan fingerprint density at radius 2 is 1.79 bits per heavy atom. The molecule has 0 N–H and O–H groups in total. The van der Waals surface area contributed by atoms with Crippen LogP contribution in [-0.2, 0) is 4.79 Å². The number of benzene rings is 2. The maximum absolute atomic E-state index is 13.2. The average molecular weight is 465 g/mol. The van der Waals surface area contributed by atoms with Crippen molar-refractivity contribution >= 4 is 24.1 Å². The van der Waals surface area contributed by atoms with E-state index in [1.165, 1.54) is 6.34 Å². The van der Waals surface area contributed by atoms with E-state index >= 15 is 0 Å². The van der Waals surface area contributed by atoms with Crippen LogP contribution >= 0.6 is 0 Å². The lowest BCUT2D eigenvalue weighted by Crippen LogP contribution is -2.57. The number of piperazine rings is 1. The van der Waals surface area contributed by atoms with Crippen LogP contribution in [0, 0.1) is 6.92 Å². The minimum atomic E-state index is -0.742. The molecule has 3 amide bonds. The van der Waals surface area contributed by atoms with E-state index in [1.807, 2.05) is 25.1 Å². The molecule has 2 aromatic rings. The second kappa shape index (κ2) is 11.0. The predicted octanol–water partition coefficient (Wildman–Crippen LogP) is 2.87. The molecule has 34 heavy (non-hydrogen) atoms. The minimum absolute atomic E-state index is 0.0297. The summed E-state index contributed by atoms with van der Waals surface area (Å²) in [5.74, 6) is -0.0836. The molecule has 0 bridgehead atoms. The van der Waals surface area contributed by atoms with E-state index in [0.29, 0.717) is 42.1 Å². The Bertz CT molecular complexity index is 1070. The molecule has 0 spiro atoms. The van der Waals surface area contributed by atoms with Gasteiger partial charge in [0.05, 0.1) is 6.34 Å². The molecule has 2 aromatic carbocycles. The zero-order valence-electron chi connectivity index (χ0n) is 20.4. The fourth-order valence-corrected chi connectivity index (χ4v) is 3.92. The molecule has 2 atom stereocenters. The summed E-state index contributed by atoms with van der Waals surface area (Å²) >= 11 is 0. The van der Waals surface area contributed by atoms with E-state index in [2.05, 4.69) is 4.99 Å². The maximum atomic E-state index is 13.2. The maximum Gasteiger partial charge on any atom is 0.278 e. The second-order valence-electron chi connectivity index (χ2n) is 8.70. The molecule has 1 fully saturated rings. The molecule has 0 aromatic heterocycles. The molecule has 0 saturated carbocycles. The second-order valence-corrected chi connectivity index (χ2v) is 8.70. The van der Waals surface area contributed by atoms with Crippen molar-refractivity contribution in [3.63, 3.8) is 0 Å². The number of aliphatic imine (C=N–C) groups is 1. The lowest BCUT2D eigenvalue weighted by Gasteiger charge is -2.40. The van der Waals surface area contributed by atoms with Crippen molar-refractivity contribution in [2.75, 3.05) is 33.7 Å². The quantitative estimate of drug-likeness (QED) is 0.485. The standard InChI is InChI=1S/C26H32N4O4/c1-18-16-29(26(33)21-10-7-6-8-11-21)14-15-30(18)25(32)20(3)34-23-13-9-12-22(19(23)2)24(31)27-17-28(4)5/h6-13,17-18,20H,14-16H2,1-5H3/t18-,20?/m1/s1. The van der Waals surface area contributed by atoms with E-state index in [0.717, 1.165) is 0 Å².